The highest BCUT2D eigenvalue weighted by atomic mass is 32.1. The first kappa shape index (κ1) is 17.2. The molecule has 0 aromatic carbocycles. The minimum Gasteiger partial charge on any atom is -0.396 e. The predicted molar refractivity (Wildman–Crippen MR) is 88.3 cm³/mol. The molecule has 1 aromatic heterocycles. The van der Waals surface area contributed by atoms with Crippen LogP contribution in [0.2, 0.25) is 0 Å². The van der Waals surface area contributed by atoms with E-state index in [2.05, 4.69) is 5.32 Å². The number of carbonyl (C=O) groups is 2. The molecule has 0 spiro atoms. The Morgan fingerprint density at radius 1 is 1.41 bits per heavy atom. The molecule has 0 radical (unpaired) electrons. The molecule has 2 N–H and O–H groups in total. The molecule has 22 heavy (non-hydrogen) atoms. The number of hydrogen-bond donors (Lipinski definition) is 2. The molecule has 2 unspecified atom stereocenters. The van der Waals surface area contributed by atoms with Gasteiger partial charge in [0.15, 0.2) is 5.78 Å². The zero-order chi connectivity index (χ0) is 16.3. The molecule has 5 heteroatoms. The van der Waals surface area contributed by atoms with E-state index in [1.807, 2.05) is 26.8 Å². The van der Waals surface area contributed by atoms with Crippen molar-refractivity contribution in [2.75, 3.05) is 6.61 Å². The maximum Gasteiger partial charge on any atom is 0.220 e. The van der Waals surface area contributed by atoms with E-state index in [9.17, 15) is 14.7 Å². The lowest BCUT2D eigenvalue weighted by Crippen LogP contribution is -2.44. The van der Waals surface area contributed by atoms with Crippen LogP contribution in [0.1, 0.15) is 59.1 Å². The third-order valence-corrected chi connectivity index (χ3v) is 5.66. The van der Waals surface area contributed by atoms with Gasteiger partial charge >= 0.3 is 0 Å². The molecule has 1 aliphatic carbocycles. The van der Waals surface area contributed by atoms with Crippen LogP contribution in [0.4, 0.5) is 0 Å². The van der Waals surface area contributed by atoms with Crippen molar-refractivity contribution in [3.8, 4) is 0 Å². The number of aliphatic hydroxyl groups is 1. The van der Waals surface area contributed by atoms with Crippen LogP contribution < -0.4 is 5.32 Å². The molecule has 0 aliphatic heterocycles. The normalized spacial score (nSPS) is 24.5. The molecule has 2 atom stereocenters. The summed E-state index contributed by atoms with van der Waals surface area (Å²) in [6.07, 6.45) is 3.31. The number of rotatable bonds is 6. The van der Waals surface area contributed by atoms with Crippen LogP contribution in [-0.2, 0) is 4.79 Å². The van der Waals surface area contributed by atoms with Crippen molar-refractivity contribution in [3.05, 3.63) is 21.4 Å². The number of amides is 1. The fourth-order valence-electron chi connectivity index (χ4n) is 3.20. The summed E-state index contributed by atoms with van der Waals surface area (Å²) in [5.74, 6) is -0.0575. The van der Waals surface area contributed by atoms with Crippen molar-refractivity contribution >= 4 is 23.0 Å². The van der Waals surface area contributed by atoms with Crippen molar-refractivity contribution in [1.82, 2.24) is 5.32 Å². The standard InChI is InChI=1S/C17H25NO3S/c1-11-9-13(12(2)22-11)14(20)6-7-16(21)18-15-5-4-8-17(15,3)10-19/h9,15,19H,4-8,10H2,1-3H3,(H,18,21). The molecule has 1 saturated carbocycles. The van der Waals surface area contributed by atoms with Crippen LogP contribution in [0, 0.1) is 19.3 Å². The Bertz CT molecular complexity index is 566. The van der Waals surface area contributed by atoms with E-state index in [4.69, 9.17) is 0 Å². The Morgan fingerprint density at radius 3 is 2.73 bits per heavy atom. The van der Waals surface area contributed by atoms with Gasteiger partial charge in [-0.1, -0.05) is 13.3 Å². The molecule has 1 fully saturated rings. The third-order valence-electron chi connectivity index (χ3n) is 4.70. The van der Waals surface area contributed by atoms with Gasteiger partial charge in [0.05, 0.1) is 6.61 Å². The lowest BCUT2D eigenvalue weighted by Gasteiger charge is -2.30. The summed E-state index contributed by atoms with van der Waals surface area (Å²) in [5, 5.41) is 12.5. The topological polar surface area (TPSA) is 66.4 Å². The lowest BCUT2D eigenvalue weighted by molar-refractivity contribution is -0.122. The molecule has 1 amide bonds. The van der Waals surface area contributed by atoms with Crippen LogP contribution in [0.3, 0.4) is 0 Å². The van der Waals surface area contributed by atoms with Crippen molar-refractivity contribution < 1.29 is 14.7 Å². The molecule has 4 nitrogen and oxygen atoms in total. The molecular weight excluding hydrogens is 298 g/mol. The van der Waals surface area contributed by atoms with Gasteiger partial charge < -0.3 is 10.4 Å². The first-order valence-electron chi connectivity index (χ1n) is 7.86. The molecule has 2 rings (SSSR count). The molecule has 1 heterocycles. The number of aryl methyl sites for hydroxylation is 2. The summed E-state index contributed by atoms with van der Waals surface area (Å²) < 4.78 is 0. The van der Waals surface area contributed by atoms with E-state index in [0.29, 0.717) is 0 Å². The van der Waals surface area contributed by atoms with Crippen molar-refractivity contribution in [3.63, 3.8) is 0 Å². The van der Waals surface area contributed by atoms with Gasteiger partial charge in [-0.2, -0.15) is 0 Å². The largest absolute Gasteiger partial charge is 0.396 e. The minimum atomic E-state index is -0.222. The monoisotopic (exact) mass is 323 g/mol. The van der Waals surface area contributed by atoms with E-state index >= 15 is 0 Å². The molecular formula is C17H25NO3S. The van der Waals surface area contributed by atoms with E-state index in [1.54, 1.807) is 11.3 Å². The predicted octanol–water partition coefficient (Wildman–Crippen LogP) is 3.00. The van der Waals surface area contributed by atoms with E-state index in [0.717, 1.165) is 34.6 Å². The highest BCUT2D eigenvalue weighted by molar-refractivity contribution is 7.12. The van der Waals surface area contributed by atoms with Crippen LogP contribution in [0.25, 0.3) is 0 Å². The Hall–Kier alpha value is -1.20. The summed E-state index contributed by atoms with van der Waals surface area (Å²) in [5.41, 5.74) is 0.525. The van der Waals surface area contributed by atoms with Crippen molar-refractivity contribution in [1.29, 1.82) is 0 Å². The fraction of sp³-hybridized carbons (Fsp3) is 0.647. The third kappa shape index (κ3) is 3.76. The first-order valence-corrected chi connectivity index (χ1v) is 8.68. The van der Waals surface area contributed by atoms with Crippen molar-refractivity contribution in [2.24, 2.45) is 5.41 Å². The maximum absolute atomic E-state index is 12.2. The van der Waals surface area contributed by atoms with E-state index in [1.165, 1.54) is 0 Å². The summed E-state index contributed by atoms with van der Waals surface area (Å²) in [4.78, 5) is 26.4. The average Bonchev–Trinajstić information content (AvgIpc) is 3.00. The average molecular weight is 323 g/mol. The quantitative estimate of drug-likeness (QED) is 0.791. The second kappa shape index (κ2) is 6.92. The molecule has 1 aliphatic rings. The van der Waals surface area contributed by atoms with Crippen LogP contribution in [0.5, 0.6) is 0 Å². The molecule has 1 aromatic rings. The second-order valence-corrected chi connectivity index (χ2v) is 8.04. The highest BCUT2D eigenvalue weighted by Gasteiger charge is 2.38. The Morgan fingerprint density at radius 2 is 2.14 bits per heavy atom. The molecule has 122 valence electrons. The Labute approximate surface area is 135 Å². The number of aliphatic hydroxyl groups excluding tert-OH is 1. The fourth-order valence-corrected chi connectivity index (χ4v) is 4.15. The number of carbonyl (C=O) groups excluding carboxylic acids is 2. The van der Waals surface area contributed by atoms with Crippen LogP contribution in [0.15, 0.2) is 6.07 Å². The summed E-state index contributed by atoms with van der Waals surface area (Å²) in [6.45, 7) is 6.02. The van der Waals surface area contributed by atoms with Gasteiger partial charge in [-0.05, 0) is 32.8 Å². The highest BCUT2D eigenvalue weighted by Crippen LogP contribution is 2.37. The lowest BCUT2D eigenvalue weighted by atomic mass is 9.85. The van der Waals surface area contributed by atoms with Gasteiger partial charge in [0, 0.05) is 39.6 Å². The number of hydrogen-bond acceptors (Lipinski definition) is 4. The number of Topliss-reactive ketones (excluding diaryl/α,β-unsaturated/α-hetero) is 1. The smallest absolute Gasteiger partial charge is 0.220 e. The number of thiophene rings is 1. The SMILES string of the molecule is Cc1cc(C(=O)CCC(=O)NC2CCCC2(C)CO)c(C)s1. The Balaban J connectivity index is 1.85. The van der Waals surface area contributed by atoms with Gasteiger partial charge in [0.2, 0.25) is 5.91 Å². The zero-order valence-electron chi connectivity index (χ0n) is 13.6. The number of nitrogens with one attached hydrogen (secondary N) is 1. The van der Waals surface area contributed by atoms with Gasteiger partial charge in [0.25, 0.3) is 0 Å². The van der Waals surface area contributed by atoms with Crippen LogP contribution in [-0.4, -0.2) is 29.4 Å². The summed E-state index contributed by atoms with van der Waals surface area (Å²) in [7, 11) is 0. The second-order valence-electron chi connectivity index (χ2n) is 6.57. The number of ketones is 1. The molecule has 0 saturated heterocycles. The zero-order valence-corrected chi connectivity index (χ0v) is 14.4. The Kier molecular flexibility index (Phi) is 5.40. The van der Waals surface area contributed by atoms with Gasteiger partial charge in [-0.25, -0.2) is 0 Å². The maximum atomic E-state index is 12.2. The van der Waals surface area contributed by atoms with Gasteiger partial charge in [-0.3, -0.25) is 9.59 Å². The van der Waals surface area contributed by atoms with E-state index < -0.39 is 0 Å². The molecule has 0 bridgehead atoms. The van der Waals surface area contributed by atoms with Gasteiger partial charge in [0.1, 0.15) is 0 Å². The van der Waals surface area contributed by atoms with Crippen LogP contribution >= 0.6 is 11.3 Å². The minimum absolute atomic E-state index is 0.0187. The first-order chi connectivity index (χ1) is 10.4. The summed E-state index contributed by atoms with van der Waals surface area (Å²) >= 11 is 1.61. The van der Waals surface area contributed by atoms with Gasteiger partial charge in [-0.15, -0.1) is 11.3 Å². The summed E-state index contributed by atoms with van der Waals surface area (Å²) in [6, 6.07) is 1.92. The van der Waals surface area contributed by atoms with E-state index in [-0.39, 0.29) is 42.6 Å². The van der Waals surface area contributed by atoms with Crippen molar-refractivity contribution in [2.45, 2.75) is 58.9 Å².